The third-order valence-electron chi connectivity index (χ3n) is 3.25. The minimum absolute atomic E-state index is 0.0996. The fourth-order valence-electron chi connectivity index (χ4n) is 2.20. The Morgan fingerprint density at radius 1 is 1.47 bits per heavy atom. The van der Waals surface area contributed by atoms with Crippen LogP contribution in [0.4, 0.5) is 0 Å². The van der Waals surface area contributed by atoms with Crippen molar-refractivity contribution >= 4 is 11.9 Å². The SMILES string of the molecule is Cc1cc(C)n(CCC(=O)N(CC(=O)O)C2CC2)n1. The highest BCUT2D eigenvalue weighted by Gasteiger charge is 2.33. The summed E-state index contributed by atoms with van der Waals surface area (Å²) >= 11 is 0. The molecule has 1 aliphatic rings. The van der Waals surface area contributed by atoms with Gasteiger partial charge in [-0.05, 0) is 32.8 Å². The number of carbonyl (C=O) groups is 2. The highest BCUT2D eigenvalue weighted by Crippen LogP contribution is 2.27. The zero-order chi connectivity index (χ0) is 14.0. The van der Waals surface area contributed by atoms with Gasteiger partial charge in [-0.25, -0.2) is 0 Å². The summed E-state index contributed by atoms with van der Waals surface area (Å²) in [4.78, 5) is 24.3. The molecule has 1 heterocycles. The number of aliphatic carboxylic acids is 1. The molecule has 0 saturated heterocycles. The Bertz CT molecular complexity index is 491. The van der Waals surface area contributed by atoms with E-state index < -0.39 is 5.97 Å². The molecule has 1 aliphatic carbocycles. The molecule has 1 fully saturated rings. The minimum Gasteiger partial charge on any atom is -0.480 e. The molecular weight excluding hydrogens is 246 g/mol. The first-order valence-electron chi connectivity index (χ1n) is 6.49. The van der Waals surface area contributed by atoms with Crippen LogP contribution in [-0.4, -0.2) is 44.3 Å². The molecule has 1 saturated carbocycles. The van der Waals surface area contributed by atoms with Gasteiger partial charge in [0.1, 0.15) is 6.54 Å². The van der Waals surface area contributed by atoms with Crippen LogP contribution in [-0.2, 0) is 16.1 Å². The monoisotopic (exact) mass is 265 g/mol. The second-order valence-electron chi connectivity index (χ2n) is 5.05. The van der Waals surface area contributed by atoms with Crippen molar-refractivity contribution in [3.05, 3.63) is 17.5 Å². The van der Waals surface area contributed by atoms with Crippen molar-refractivity contribution in [1.82, 2.24) is 14.7 Å². The first kappa shape index (κ1) is 13.6. The van der Waals surface area contributed by atoms with Gasteiger partial charge in [-0.2, -0.15) is 5.10 Å². The van der Waals surface area contributed by atoms with Crippen LogP contribution in [0.15, 0.2) is 6.07 Å². The molecule has 104 valence electrons. The molecule has 1 aromatic heterocycles. The summed E-state index contributed by atoms with van der Waals surface area (Å²) in [5, 5.41) is 13.1. The fraction of sp³-hybridized carbons (Fsp3) is 0.615. The summed E-state index contributed by atoms with van der Waals surface area (Å²) in [6, 6.07) is 2.09. The Hall–Kier alpha value is -1.85. The largest absolute Gasteiger partial charge is 0.480 e. The van der Waals surface area contributed by atoms with Crippen molar-refractivity contribution in [2.24, 2.45) is 0 Å². The first-order chi connectivity index (χ1) is 8.97. The standard InChI is InChI=1S/C13H19N3O3/c1-9-7-10(2)16(14-9)6-5-12(17)15(8-13(18)19)11-3-4-11/h7,11H,3-6,8H2,1-2H3,(H,18,19). The number of aryl methyl sites for hydroxylation is 3. The molecule has 0 aliphatic heterocycles. The van der Waals surface area contributed by atoms with E-state index in [4.69, 9.17) is 5.11 Å². The first-order valence-corrected chi connectivity index (χ1v) is 6.49. The Labute approximate surface area is 112 Å². The molecule has 0 radical (unpaired) electrons. The van der Waals surface area contributed by atoms with Crippen molar-refractivity contribution in [2.45, 2.75) is 45.7 Å². The third-order valence-corrected chi connectivity index (χ3v) is 3.25. The summed E-state index contributed by atoms with van der Waals surface area (Å²) < 4.78 is 1.79. The van der Waals surface area contributed by atoms with Gasteiger partial charge >= 0.3 is 5.97 Å². The number of aromatic nitrogens is 2. The lowest BCUT2D eigenvalue weighted by molar-refractivity contribution is -0.145. The van der Waals surface area contributed by atoms with E-state index in [0.717, 1.165) is 24.2 Å². The average Bonchev–Trinajstić information content (AvgIpc) is 3.09. The van der Waals surface area contributed by atoms with Gasteiger partial charge in [0, 0.05) is 24.7 Å². The van der Waals surface area contributed by atoms with E-state index in [1.807, 2.05) is 19.9 Å². The number of carbonyl (C=O) groups excluding carboxylic acids is 1. The lowest BCUT2D eigenvalue weighted by atomic mass is 10.3. The summed E-state index contributed by atoms with van der Waals surface area (Å²) in [5.74, 6) is -1.05. The maximum absolute atomic E-state index is 12.1. The average molecular weight is 265 g/mol. The summed E-state index contributed by atoms with van der Waals surface area (Å²) in [6.45, 7) is 4.16. The predicted octanol–water partition coefficient (Wildman–Crippen LogP) is 0.966. The van der Waals surface area contributed by atoms with Crippen molar-refractivity contribution in [3.63, 3.8) is 0 Å². The molecule has 1 aromatic rings. The number of hydrogen-bond acceptors (Lipinski definition) is 3. The van der Waals surface area contributed by atoms with E-state index in [-0.39, 0.29) is 18.5 Å². The van der Waals surface area contributed by atoms with Crippen LogP contribution < -0.4 is 0 Å². The number of hydrogen-bond donors (Lipinski definition) is 1. The van der Waals surface area contributed by atoms with Crippen LogP contribution in [0.25, 0.3) is 0 Å². The normalized spacial score (nSPS) is 14.4. The van der Waals surface area contributed by atoms with Crippen LogP contribution in [0.2, 0.25) is 0 Å². The van der Waals surface area contributed by atoms with E-state index in [0.29, 0.717) is 13.0 Å². The van der Waals surface area contributed by atoms with Gasteiger partial charge in [-0.15, -0.1) is 0 Å². The number of rotatable bonds is 6. The van der Waals surface area contributed by atoms with Crippen LogP contribution in [0.3, 0.4) is 0 Å². The van der Waals surface area contributed by atoms with E-state index >= 15 is 0 Å². The molecule has 0 spiro atoms. The van der Waals surface area contributed by atoms with Gasteiger partial charge < -0.3 is 10.0 Å². The Balaban J connectivity index is 1.92. The smallest absolute Gasteiger partial charge is 0.323 e. The number of carboxylic acids is 1. The Morgan fingerprint density at radius 3 is 2.63 bits per heavy atom. The molecule has 0 unspecified atom stereocenters. The quantitative estimate of drug-likeness (QED) is 0.831. The highest BCUT2D eigenvalue weighted by molar-refractivity contribution is 5.81. The minimum atomic E-state index is -0.952. The molecule has 6 heteroatoms. The Morgan fingerprint density at radius 2 is 2.16 bits per heavy atom. The van der Waals surface area contributed by atoms with Gasteiger partial charge in [0.25, 0.3) is 0 Å². The molecule has 1 N–H and O–H groups in total. The summed E-state index contributed by atoms with van der Waals surface area (Å²) in [5.41, 5.74) is 1.94. The molecule has 0 aromatic carbocycles. The molecule has 0 bridgehead atoms. The zero-order valence-electron chi connectivity index (χ0n) is 11.3. The number of carboxylic acid groups (broad SMARTS) is 1. The second kappa shape index (κ2) is 5.42. The van der Waals surface area contributed by atoms with Crippen molar-refractivity contribution in [2.75, 3.05) is 6.54 Å². The van der Waals surface area contributed by atoms with Gasteiger partial charge in [0.15, 0.2) is 0 Å². The van der Waals surface area contributed by atoms with Crippen LogP contribution >= 0.6 is 0 Å². The van der Waals surface area contributed by atoms with Gasteiger partial charge in [0.2, 0.25) is 5.91 Å². The van der Waals surface area contributed by atoms with Crippen molar-refractivity contribution in [1.29, 1.82) is 0 Å². The van der Waals surface area contributed by atoms with Gasteiger partial charge in [-0.1, -0.05) is 0 Å². The van der Waals surface area contributed by atoms with E-state index in [1.165, 1.54) is 4.90 Å². The van der Waals surface area contributed by atoms with Crippen molar-refractivity contribution in [3.8, 4) is 0 Å². The zero-order valence-corrected chi connectivity index (χ0v) is 11.3. The molecular formula is C13H19N3O3. The highest BCUT2D eigenvalue weighted by atomic mass is 16.4. The molecule has 1 amide bonds. The van der Waals surface area contributed by atoms with Gasteiger partial charge in [-0.3, -0.25) is 14.3 Å². The van der Waals surface area contributed by atoms with Gasteiger partial charge in [0.05, 0.1) is 5.69 Å². The summed E-state index contributed by atoms with van der Waals surface area (Å²) in [7, 11) is 0. The maximum Gasteiger partial charge on any atom is 0.323 e. The molecule has 0 atom stereocenters. The van der Waals surface area contributed by atoms with Crippen LogP contribution in [0.1, 0.15) is 30.7 Å². The summed E-state index contributed by atoms with van der Waals surface area (Å²) in [6.07, 6.45) is 2.13. The Kier molecular flexibility index (Phi) is 3.87. The lowest BCUT2D eigenvalue weighted by Crippen LogP contribution is -2.37. The maximum atomic E-state index is 12.1. The van der Waals surface area contributed by atoms with E-state index in [9.17, 15) is 9.59 Å². The number of nitrogens with zero attached hydrogens (tertiary/aromatic N) is 3. The number of amides is 1. The molecule has 19 heavy (non-hydrogen) atoms. The lowest BCUT2D eigenvalue weighted by Gasteiger charge is -2.20. The van der Waals surface area contributed by atoms with Crippen LogP contribution in [0, 0.1) is 13.8 Å². The van der Waals surface area contributed by atoms with Crippen LogP contribution in [0.5, 0.6) is 0 Å². The fourth-order valence-corrected chi connectivity index (χ4v) is 2.20. The molecule has 2 rings (SSSR count). The van der Waals surface area contributed by atoms with E-state index in [1.54, 1.807) is 4.68 Å². The van der Waals surface area contributed by atoms with E-state index in [2.05, 4.69) is 5.10 Å². The predicted molar refractivity (Wildman–Crippen MR) is 68.7 cm³/mol. The molecule has 6 nitrogen and oxygen atoms in total. The van der Waals surface area contributed by atoms with Crippen molar-refractivity contribution < 1.29 is 14.7 Å². The second-order valence-corrected chi connectivity index (χ2v) is 5.05. The third kappa shape index (κ3) is 3.56. The topological polar surface area (TPSA) is 75.4 Å².